The van der Waals surface area contributed by atoms with E-state index in [4.69, 9.17) is 16.9 Å². The molecule has 0 aromatic heterocycles. The topological polar surface area (TPSA) is 27.0 Å². The van der Waals surface area contributed by atoms with Crippen molar-refractivity contribution in [1.29, 1.82) is 5.26 Å². The first-order chi connectivity index (χ1) is 7.63. The molecule has 16 heavy (non-hydrogen) atoms. The third-order valence-electron chi connectivity index (χ3n) is 3.37. The number of nitriles is 1. The van der Waals surface area contributed by atoms with E-state index < -0.39 is 0 Å². The Hall–Kier alpha value is -1.20. The van der Waals surface area contributed by atoms with Gasteiger partial charge in [0.2, 0.25) is 0 Å². The fourth-order valence-corrected chi connectivity index (χ4v) is 2.29. The predicted molar refractivity (Wildman–Crippen MR) is 66.8 cm³/mol. The monoisotopic (exact) mass is 234 g/mol. The summed E-state index contributed by atoms with van der Waals surface area (Å²) in [7, 11) is 2.07. The first-order valence-corrected chi connectivity index (χ1v) is 5.93. The molecule has 1 fully saturated rings. The Bertz CT molecular complexity index is 432. The maximum atomic E-state index is 8.78. The molecule has 3 heteroatoms. The van der Waals surface area contributed by atoms with Crippen LogP contribution in [0.1, 0.15) is 25.3 Å². The number of hydrogen-bond acceptors (Lipinski definition) is 2. The van der Waals surface area contributed by atoms with Gasteiger partial charge in [-0.05, 0) is 43.9 Å². The molecule has 1 aliphatic rings. The van der Waals surface area contributed by atoms with E-state index in [-0.39, 0.29) is 0 Å². The first kappa shape index (κ1) is 11.3. The highest BCUT2D eigenvalue weighted by molar-refractivity contribution is 6.33. The van der Waals surface area contributed by atoms with Crippen LogP contribution in [-0.4, -0.2) is 13.1 Å². The van der Waals surface area contributed by atoms with Gasteiger partial charge in [-0.25, -0.2) is 0 Å². The van der Waals surface area contributed by atoms with Gasteiger partial charge >= 0.3 is 0 Å². The highest BCUT2D eigenvalue weighted by Crippen LogP contribution is 2.37. The maximum absolute atomic E-state index is 8.78. The number of nitrogens with zero attached hydrogens (tertiary/aromatic N) is 2. The fourth-order valence-electron chi connectivity index (χ4n) is 1.98. The highest BCUT2D eigenvalue weighted by Gasteiger charge is 2.31. The van der Waals surface area contributed by atoms with E-state index in [0.717, 1.165) is 11.6 Å². The Morgan fingerprint density at radius 1 is 1.50 bits per heavy atom. The molecule has 0 aliphatic heterocycles. The van der Waals surface area contributed by atoms with Crippen molar-refractivity contribution in [2.24, 2.45) is 5.92 Å². The molecule has 0 radical (unpaired) electrons. The maximum Gasteiger partial charge on any atom is 0.0992 e. The zero-order chi connectivity index (χ0) is 11.7. The number of halogens is 1. The second kappa shape index (κ2) is 4.35. The van der Waals surface area contributed by atoms with E-state index in [1.54, 1.807) is 6.07 Å². The summed E-state index contributed by atoms with van der Waals surface area (Å²) in [6, 6.07) is 8.09. The number of benzene rings is 1. The van der Waals surface area contributed by atoms with E-state index >= 15 is 0 Å². The van der Waals surface area contributed by atoms with Gasteiger partial charge in [0, 0.05) is 13.1 Å². The lowest BCUT2D eigenvalue weighted by Crippen LogP contribution is -2.30. The first-order valence-electron chi connectivity index (χ1n) is 5.56. The molecule has 2 nitrogen and oxygen atoms in total. The van der Waals surface area contributed by atoms with Crippen molar-refractivity contribution in [2.75, 3.05) is 11.9 Å². The van der Waals surface area contributed by atoms with Crippen LogP contribution < -0.4 is 4.90 Å². The van der Waals surface area contributed by atoms with Crippen LogP contribution in [-0.2, 0) is 0 Å². The van der Waals surface area contributed by atoms with Gasteiger partial charge in [-0.2, -0.15) is 5.26 Å². The zero-order valence-electron chi connectivity index (χ0n) is 9.57. The molecule has 0 heterocycles. The van der Waals surface area contributed by atoms with E-state index in [9.17, 15) is 0 Å². The van der Waals surface area contributed by atoms with Gasteiger partial charge in [0.1, 0.15) is 0 Å². The van der Waals surface area contributed by atoms with Gasteiger partial charge in [-0.15, -0.1) is 0 Å². The van der Waals surface area contributed by atoms with Crippen LogP contribution in [0.3, 0.4) is 0 Å². The molecule has 1 saturated carbocycles. The van der Waals surface area contributed by atoms with Crippen LogP contribution in [0, 0.1) is 17.2 Å². The molecule has 2 rings (SSSR count). The summed E-state index contributed by atoms with van der Waals surface area (Å²) in [5, 5.41) is 9.44. The van der Waals surface area contributed by atoms with Crippen molar-refractivity contribution in [3.05, 3.63) is 28.8 Å². The third-order valence-corrected chi connectivity index (χ3v) is 3.67. The Labute approximate surface area is 101 Å². The lowest BCUT2D eigenvalue weighted by Gasteiger charge is -2.27. The summed E-state index contributed by atoms with van der Waals surface area (Å²) in [4.78, 5) is 2.21. The van der Waals surface area contributed by atoms with E-state index in [1.165, 1.54) is 12.8 Å². The minimum absolute atomic E-state index is 0.519. The average Bonchev–Trinajstić information content (AvgIpc) is 3.10. The van der Waals surface area contributed by atoms with E-state index in [1.807, 2.05) is 12.1 Å². The number of anilines is 1. The summed E-state index contributed by atoms with van der Waals surface area (Å²) >= 11 is 6.18. The Kier molecular flexibility index (Phi) is 3.07. The molecule has 1 aromatic rings. The van der Waals surface area contributed by atoms with Gasteiger partial charge < -0.3 is 4.90 Å². The molecule has 1 unspecified atom stereocenters. The van der Waals surface area contributed by atoms with E-state index in [0.29, 0.717) is 16.6 Å². The van der Waals surface area contributed by atoms with Crippen LogP contribution in [0.4, 0.5) is 5.69 Å². The van der Waals surface area contributed by atoms with Crippen LogP contribution in [0.15, 0.2) is 18.2 Å². The molecule has 1 aliphatic carbocycles. The minimum Gasteiger partial charge on any atom is -0.370 e. The molecular weight excluding hydrogens is 220 g/mol. The van der Waals surface area contributed by atoms with Crippen molar-refractivity contribution in [3.63, 3.8) is 0 Å². The van der Waals surface area contributed by atoms with Crippen LogP contribution >= 0.6 is 11.6 Å². The molecule has 0 N–H and O–H groups in total. The predicted octanol–water partition coefficient (Wildman–Crippen LogP) is 3.45. The van der Waals surface area contributed by atoms with Gasteiger partial charge in [0.05, 0.1) is 22.3 Å². The SMILES string of the molecule is CC(C1CC1)N(C)c1ccc(C#N)cc1Cl. The largest absolute Gasteiger partial charge is 0.370 e. The molecule has 0 bridgehead atoms. The number of hydrogen-bond donors (Lipinski definition) is 0. The molecule has 0 spiro atoms. The quantitative estimate of drug-likeness (QED) is 0.801. The molecule has 1 aromatic carbocycles. The summed E-state index contributed by atoms with van der Waals surface area (Å²) < 4.78 is 0. The van der Waals surface area contributed by atoms with Gasteiger partial charge in [-0.1, -0.05) is 11.6 Å². The highest BCUT2D eigenvalue weighted by atomic mass is 35.5. The van der Waals surface area contributed by atoms with Crippen molar-refractivity contribution >= 4 is 17.3 Å². The standard InChI is InChI=1S/C13H15ClN2/c1-9(11-4-5-11)16(2)13-6-3-10(8-15)7-12(13)14/h3,6-7,9,11H,4-5H2,1-2H3. The third kappa shape index (κ3) is 2.15. The Balaban J connectivity index is 2.22. The smallest absolute Gasteiger partial charge is 0.0992 e. The van der Waals surface area contributed by atoms with Gasteiger partial charge in [-0.3, -0.25) is 0 Å². The van der Waals surface area contributed by atoms with Crippen LogP contribution in [0.2, 0.25) is 5.02 Å². The molecule has 0 amide bonds. The summed E-state index contributed by atoms with van der Waals surface area (Å²) in [6.45, 7) is 2.23. The number of rotatable bonds is 3. The fraction of sp³-hybridized carbons (Fsp3) is 0.462. The summed E-state index contributed by atoms with van der Waals surface area (Å²) in [6.07, 6.45) is 2.64. The zero-order valence-corrected chi connectivity index (χ0v) is 10.3. The molecule has 84 valence electrons. The van der Waals surface area contributed by atoms with Crippen molar-refractivity contribution in [3.8, 4) is 6.07 Å². The lowest BCUT2D eigenvalue weighted by molar-refractivity contribution is 0.609. The molecule has 1 atom stereocenters. The van der Waals surface area contributed by atoms with Crippen molar-refractivity contribution in [1.82, 2.24) is 0 Å². The van der Waals surface area contributed by atoms with Gasteiger partial charge in [0.25, 0.3) is 0 Å². The normalized spacial score (nSPS) is 16.6. The van der Waals surface area contributed by atoms with Crippen LogP contribution in [0.5, 0.6) is 0 Å². The minimum atomic E-state index is 0.519. The summed E-state index contributed by atoms with van der Waals surface area (Å²) in [5.74, 6) is 0.803. The molecule has 0 saturated heterocycles. The Morgan fingerprint density at radius 3 is 2.69 bits per heavy atom. The summed E-state index contributed by atoms with van der Waals surface area (Å²) in [5.41, 5.74) is 1.63. The van der Waals surface area contributed by atoms with Crippen LogP contribution in [0.25, 0.3) is 0 Å². The second-order valence-corrected chi connectivity index (χ2v) is 4.87. The second-order valence-electron chi connectivity index (χ2n) is 4.47. The molecular formula is C13H15ClN2. The van der Waals surface area contributed by atoms with Crippen molar-refractivity contribution in [2.45, 2.75) is 25.8 Å². The Morgan fingerprint density at radius 2 is 2.19 bits per heavy atom. The van der Waals surface area contributed by atoms with E-state index in [2.05, 4.69) is 24.9 Å². The van der Waals surface area contributed by atoms with Crippen molar-refractivity contribution < 1.29 is 0 Å². The van der Waals surface area contributed by atoms with Gasteiger partial charge in [0.15, 0.2) is 0 Å². The average molecular weight is 235 g/mol. The lowest BCUT2D eigenvalue weighted by atomic mass is 10.1.